The van der Waals surface area contributed by atoms with Crippen LogP contribution in [-0.4, -0.2) is 6.71 Å². The Labute approximate surface area is 325 Å². The molecule has 0 saturated heterocycles. The van der Waals surface area contributed by atoms with Crippen molar-refractivity contribution >= 4 is 57.2 Å². The molecule has 0 unspecified atom stereocenters. The van der Waals surface area contributed by atoms with E-state index in [1.807, 2.05) is 0 Å². The van der Waals surface area contributed by atoms with Crippen LogP contribution in [0.1, 0.15) is 133 Å². The number of hydrogen-bond donors (Lipinski definition) is 0. The molecule has 5 aromatic rings. The van der Waals surface area contributed by atoms with Gasteiger partial charge in [-0.1, -0.05) is 131 Å². The van der Waals surface area contributed by atoms with Gasteiger partial charge in [-0.2, -0.15) is 0 Å². The minimum Gasteiger partial charge on any atom is -0.311 e. The summed E-state index contributed by atoms with van der Waals surface area (Å²) in [6, 6.07) is -6.73. The first-order valence-corrected chi connectivity index (χ1v) is 17.2. The summed E-state index contributed by atoms with van der Waals surface area (Å²) in [7, 11) is 0. The minimum atomic E-state index is -1.43. The van der Waals surface area contributed by atoms with Gasteiger partial charge >= 0.3 is 0 Å². The predicted octanol–water partition coefficient (Wildman–Crippen LogP) is 11.3. The van der Waals surface area contributed by atoms with Crippen molar-refractivity contribution in [2.75, 3.05) is 9.80 Å². The van der Waals surface area contributed by atoms with Gasteiger partial charge < -0.3 is 9.80 Å². The van der Waals surface area contributed by atoms with Crippen molar-refractivity contribution < 1.29 is 21.9 Å². The van der Waals surface area contributed by atoms with E-state index in [1.54, 1.807) is 83.1 Å². The van der Waals surface area contributed by atoms with Crippen LogP contribution >= 0.6 is 0 Å². The average Bonchev–Trinajstić information content (AvgIpc) is 3.16. The maximum Gasteiger partial charge on any atom is 0.252 e. The molecule has 7 rings (SSSR count). The van der Waals surface area contributed by atoms with E-state index in [0.29, 0.717) is 0 Å². The van der Waals surface area contributed by atoms with Gasteiger partial charge in [0.2, 0.25) is 0 Å². The van der Waals surface area contributed by atoms with Gasteiger partial charge in [0.05, 0.1) is 21.9 Å². The molecule has 0 aliphatic carbocycles. The maximum absolute atomic E-state index is 10.1. The molecule has 3 heteroatoms. The van der Waals surface area contributed by atoms with Crippen molar-refractivity contribution in [3.05, 3.63) is 124 Å². The Balaban J connectivity index is 1.88. The summed E-state index contributed by atoms with van der Waals surface area (Å²) in [6.07, 6.45) is 0. The van der Waals surface area contributed by atoms with Crippen LogP contribution in [0.15, 0.2) is 96.7 Å². The molecule has 2 aliphatic rings. The van der Waals surface area contributed by atoms with Crippen LogP contribution in [-0.2, 0) is 21.7 Å². The van der Waals surface area contributed by atoms with Crippen LogP contribution in [0.3, 0.4) is 0 Å². The van der Waals surface area contributed by atoms with Crippen LogP contribution in [0.5, 0.6) is 0 Å². The van der Waals surface area contributed by atoms with Crippen LogP contribution in [0, 0.1) is 6.92 Å². The van der Waals surface area contributed by atoms with Gasteiger partial charge in [-0.05, 0) is 121 Å². The highest BCUT2D eigenvalue weighted by atomic mass is 15.2. The molecule has 5 aromatic carbocycles. The third-order valence-electron chi connectivity index (χ3n) is 9.19. The molecule has 2 heterocycles. The van der Waals surface area contributed by atoms with Gasteiger partial charge in [-0.15, -0.1) is 0 Å². The first-order chi connectivity index (χ1) is 30.0. The van der Waals surface area contributed by atoms with Crippen molar-refractivity contribution in [2.45, 2.75) is 112 Å². The SMILES string of the molecule is [2H]c1c([2H])c(C(C)(C)C)c([2H])c([2H])c1N1c2c([2H])c([2H])c(C(C)(C)C)c([2H])c2B2c3c([2H])c(C(C)(C)C)c([2H])c([2H])c3N(c3c([2H])c([2H])c(C(C)(C)C)c([2H])c3[2H])c3c([2H])c(C)c([2H])c1c32. The van der Waals surface area contributed by atoms with E-state index in [9.17, 15) is 21.9 Å². The molecule has 0 fully saturated rings. The molecule has 0 N–H and O–H groups in total. The van der Waals surface area contributed by atoms with Crippen LogP contribution < -0.4 is 26.2 Å². The van der Waals surface area contributed by atoms with Crippen LogP contribution in [0.2, 0.25) is 0 Å². The molecule has 0 atom stereocenters. The summed E-state index contributed by atoms with van der Waals surface area (Å²) in [5.41, 5.74) is -4.96. The van der Waals surface area contributed by atoms with Gasteiger partial charge in [0, 0.05) is 34.1 Å². The lowest BCUT2D eigenvalue weighted by Gasteiger charge is -2.45. The van der Waals surface area contributed by atoms with Crippen LogP contribution in [0.25, 0.3) is 0 Å². The van der Waals surface area contributed by atoms with Gasteiger partial charge in [0.1, 0.15) is 0 Å². The highest BCUT2D eigenvalue weighted by molar-refractivity contribution is 7.00. The van der Waals surface area contributed by atoms with Crippen molar-refractivity contribution in [3.8, 4) is 0 Å². The third-order valence-corrected chi connectivity index (χ3v) is 9.19. The fraction of sp³-hybridized carbons (Fsp3) is 0.362. The molecule has 2 nitrogen and oxygen atoms in total. The van der Waals surface area contributed by atoms with E-state index in [1.165, 1.54) is 16.7 Å². The Hall–Kier alpha value is -4.24. The Morgan fingerprint density at radius 1 is 0.420 bits per heavy atom. The summed E-state index contributed by atoms with van der Waals surface area (Å²) in [4.78, 5) is 2.40. The molecular weight excluding hydrogens is 603 g/mol. The van der Waals surface area contributed by atoms with E-state index >= 15 is 0 Å². The molecule has 0 aromatic heterocycles. The zero-order valence-electron chi connectivity index (χ0n) is 47.5. The Morgan fingerprint density at radius 2 is 0.740 bits per heavy atom. The fourth-order valence-electron chi connectivity index (χ4n) is 6.30. The topological polar surface area (TPSA) is 6.48 Å². The van der Waals surface area contributed by atoms with E-state index in [4.69, 9.17) is 0 Å². The third kappa shape index (κ3) is 5.77. The molecular formula is C47H55BN2. The average molecular weight is 675 g/mol. The molecule has 50 heavy (non-hydrogen) atoms. The molecule has 2 aliphatic heterocycles. The lowest BCUT2D eigenvalue weighted by Crippen LogP contribution is -2.61. The summed E-state index contributed by atoms with van der Waals surface area (Å²) in [6.45, 7) is 21.2. The number of nitrogens with zero attached hydrogens (tertiary/aromatic N) is 2. The number of anilines is 6. The fourth-order valence-corrected chi connectivity index (χ4v) is 6.30. The second kappa shape index (κ2) is 11.4. The lowest BCUT2D eigenvalue weighted by atomic mass is 9.33. The van der Waals surface area contributed by atoms with E-state index < -0.39 is 100 Å². The number of rotatable bonds is 2. The summed E-state index contributed by atoms with van der Waals surface area (Å²) >= 11 is 0. The molecule has 0 amide bonds. The smallest absolute Gasteiger partial charge is 0.252 e. The monoisotopic (exact) mass is 675 g/mol. The van der Waals surface area contributed by atoms with Gasteiger partial charge in [-0.3, -0.25) is 0 Å². The highest BCUT2D eigenvalue weighted by Crippen LogP contribution is 2.46. The summed E-state index contributed by atoms with van der Waals surface area (Å²) in [5, 5.41) is 0. The lowest BCUT2D eigenvalue weighted by molar-refractivity contribution is 0.590. The predicted molar refractivity (Wildman–Crippen MR) is 220 cm³/mol. The molecule has 0 radical (unpaired) electrons. The van der Waals surface area contributed by atoms with Crippen molar-refractivity contribution in [3.63, 3.8) is 0 Å². The van der Waals surface area contributed by atoms with Crippen molar-refractivity contribution in [1.29, 1.82) is 0 Å². The quantitative estimate of drug-likeness (QED) is 0.168. The second-order valence-corrected chi connectivity index (χ2v) is 17.6. The number of benzene rings is 5. The van der Waals surface area contributed by atoms with E-state index in [-0.39, 0.29) is 103 Å². The zero-order chi connectivity index (χ0) is 50.1. The van der Waals surface area contributed by atoms with Gasteiger partial charge in [-0.25, -0.2) is 0 Å². The molecule has 0 saturated carbocycles. The number of hydrogen-bond acceptors (Lipinski definition) is 2. The standard InChI is InChI=1S/C47H55BN2/c1-30-26-41-43-42(27-30)50(36-22-16-32(17-23-36)45(5,6)7)40-25-19-34(47(11,12)13)29-38(40)48(43)37-28-33(46(8,9)10)18-24-39(37)49(41)35-20-14-31(15-21-35)44(2,3)4/h14-29H,1-13H3/i14D,15D,16D,17D,18D,19D,20D,21D,22D,23D,24D,25D,26D,27D,28D,29D. The number of fused-ring (bicyclic) bond motifs is 4. The summed E-state index contributed by atoms with van der Waals surface area (Å²) in [5.74, 6) is 0. The van der Waals surface area contributed by atoms with E-state index in [0.717, 1.165) is 0 Å². The zero-order valence-corrected chi connectivity index (χ0v) is 31.5. The largest absolute Gasteiger partial charge is 0.311 e. The molecule has 256 valence electrons. The Kier molecular flexibility index (Phi) is 4.55. The minimum absolute atomic E-state index is 0.0138. The normalized spacial score (nSPS) is 18.9. The molecule has 0 spiro atoms. The Morgan fingerprint density at radius 3 is 1.06 bits per heavy atom. The summed E-state index contributed by atoms with van der Waals surface area (Å²) < 4.78 is 154. The first-order valence-electron chi connectivity index (χ1n) is 25.2. The van der Waals surface area contributed by atoms with E-state index in [2.05, 4.69) is 0 Å². The first kappa shape index (κ1) is 20.0. The van der Waals surface area contributed by atoms with Crippen molar-refractivity contribution in [2.24, 2.45) is 0 Å². The molecule has 0 bridgehead atoms. The second-order valence-electron chi connectivity index (χ2n) is 17.6. The highest BCUT2D eigenvalue weighted by Gasteiger charge is 2.44. The van der Waals surface area contributed by atoms with Gasteiger partial charge in [0.15, 0.2) is 0 Å². The maximum atomic E-state index is 10.1. The van der Waals surface area contributed by atoms with Gasteiger partial charge in [0.25, 0.3) is 6.71 Å². The van der Waals surface area contributed by atoms with Crippen molar-refractivity contribution in [1.82, 2.24) is 0 Å². The van der Waals surface area contributed by atoms with Crippen LogP contribution in [0.4, 0.5) is 34.1 Å². The Bertz CT molecular complexity index is 2750.